The number of anilines is 2. The molecule has 2 heterocycles. The zero-order chi connectivity index (χ0) is 18.9. The van der Waals surface area contributed by atoms with E-state index in [-0.39, 0.29) is 5.91 Å². The average molecular weight is 367 g/mol. The SMILES string of the molecule is O=C(Nc1cccc2[nH]ccc12)c1ccc(N2CCc3ccccc3C2)cc1. The fraction of sp³-hybridized carbons (Fsp3) is 0.125. The molecule has 0 radical (unpaired) electrons. The van der Waals surface area contributed by atoms with Crippen LogP contribution < -0.4 is 10.2 Å². The van der Waals surface area contributed by atoms with Crippen LogP contribution >= 0.6 is 0 Å². The van der Waals surface area contributed by atoms with Crippen LogP contribution in [0.25, 0.3) is 10.9 Å². The highest BCUT2D eigenvalue weighted by molar-refractivity contribution is 6.08. The second kappa shape index (κ2) is 6.89. The summed E-state index contributed by atoms with van der Waals surface area (Å²) in [6, 6.07) is 24.3. The summed E-state index contributed by atoms with van der Waals surface area (Å²) in [4.78, 5) is 18.2. The summed E-state index contributed by atoms with van der Waals surface area (Å²) in [5, 5.41) is 4.04. The summed E-state index contributed by atoms with van der Waals surface area (Å²) >= 11 is 0. The van der Waals surface area contributed by atoms with Gasteiger partial charge >= 0.3 is 0 Å². The highest BCUT2D eigenvalue weighted by atomic mass is 16.1. The number of benzene rings is 3. The van der Waals surface area contributed by atoms with Gasteiger partial charge in [0.05, 0.1) is 5.69 Å². The molecule has 1 amide bonds. The molecule has 1 aliphatic heterocycles. The first-order valence-corrected chi connectivity index (χ1v) is 9.57. The molecule has 4 aromatic rings. The van der Waals surface area contributed by atoms with Crippen molar-refractivity contribution < 1.29 is 4.79 Å². The molecule has 0 unspecified atom stereocenters. The monoisotopic (exact) mass is 367 g/mol. The molecule has 4 heteroatoms. The summed E-state index contributed by atoms with van der Waals surface area (Å²) in [5.41, 5.74) is 6.47. The molecule has 138 valence electrons. The Balaban J connectivity index is 1.32. The molecule has 0 saturated carbocycles. The van der Waals surface area contributed by atoms with Crippen molar-refractivity contribution in [2.45, 2.75) is 13.0 Å². The number of carbonyl (C=O) groups is 1. The van der Waals surface area contributed by atoms with Gasteiger partial charge in [0.25, 0.3) is 5.91 Å². The first kappa shape index (κ1) is 16.6. The highest BCUT2D eigenvalue weighted by Crippen LogP contribution is 2.26. The average Bonchev–Trinajstić information content (AvgIpc) is 3.23. The number of nitrogens with zero attached hydrogens (tertiary/aromatic N) is 1. The van der Waals surface area contributed by atoms with Crippen molar-refractivity contribution in [1.29, 1.82) is 0 Å². The number of nitrogens with one attached hydrogen (secondary N) is 2. The van der Waals surface area contributed by atoms with E-state index in [1.165, 1.54) is 11.1 Å². The molecule has 0 saturated heterocycles. The summed E-state index contributed by atoms with van der Waals surface area (Å²) in [6.45, 7) is 1.91. The van der Waals surface area contributed by atoms with Gasteiger partial charge in [-0.2, -0.15) is 0 Å². The van der Waals surface area contributed by atoms with Gasteiger partial charge in [0.2, 0.25) is 0 Å². The standard InChI is InChI=1S/C24H21N3O/c28-24(26-23-7-3-6-22-21(23)12-14-25-22)18-8-10-20(11-9-18)27-15-13-17-4-1-2-5-19(17)16-27/h1-12,14,25H,13,15-16H2,(H,26,28). The van der Waals surface area contributed by atoms with E-state index in [2.05, 4.69) is 39.5 Å². The van der Waals surface area contributed by atoms with Crippen molar-refractivity contribution in [2.24, 2.45) is 0 Å². The molecule has 0 aliphatic carbocycles. The van der Waals surface area contributed by atoms with Crippen LogP contribution in [-0.4, -0.2) is 17.4 Å². The minimum atomic E-state index is -0.0933. The molecule has 1 aromatic heterocycles. The Kier molecular flexibility index (Phi) is 4.09. The van der Waals surface area contributed by atoms with Gasteiger partial charge in [0, 0.05) is 41.4 Å². The van der Waals surface area contributed by atoms with Gasteiger partial charge in [-0.25, -0.2) is 0 Å². The molecule has 1 aliphatic rings. The molecule has 28 heavy (non-hydrogen) atoms. The van der Waals surface area contributed by atoms with Crippen LogP contribution in [0.15, 0.2) is 79.0 Å². The van der Waals surface area contributed by atoms with E-state index in [4.69, 9.17) is 0 Å². The van der Waals surface area contributed by atoms with E-state index < -0.39 is 0 Å². The number of aromatic nitrogens is 1. The van der Waals surface area contributed by atoms with Crippen LogP contribution in [0.5, 0.6) is 0 Å². The third-order valence-electron chi connectivity index (χ3n) is 5.47. The number of hydrogen-bond acceptors (Lipinski definition) is 2. The molecule has 0 spiro atoms. The summed E-state index contributed by atoms with van der Waals surface area (Å²) in [5.74, 6) is -0.0933. The lowest BCUT2D eigenvalue weighted by atomic mass is 9.99. The third-order valence-corrected chi connectivity index (χ3v) is 5.47. The van der Waals surface area contributed by atoms with Crippen molar-refractivity contribution >= 4 is 28.2 Å². The Morgan fingerprint density at radius 1 is 0.893 bits per heavy atom. The Morgan fingerprint density at radius 2 is 1.71 bits per heavy atom. The zero-order valence-electron chi connectivity index (χ0n) is 15.5. The van der Waals surface area contributed by atoms with Crippen molar-refractivity contribution in [3.05, 3.63) is 95.7 Å². The van der Waals surface area contributed by atoms with Crippen LogP contribution in [0.4, 0.5) is 11.4 Å². The summed E-state index contributed by atoms with van der Waals surface area (Å²) in [6.07, 6.45) is 2.94. The number of fused-ring (bicyclic) bond motifs is 2. The second-order valence-electron chi connectivity index (χ2n) is 7.19. The predicted octanol–water partition coefficient (Wildman–Crippen LogP) is 4.98. The van der Waals surface area contributed by atoms with Crippen molar-refractivity contribution in [1.82, 2.24) is 4.98 Å². The molecule has 0 fully saturated rings. The molecule has 0 atom stereocenters. The number of carbonyl (C=O) groups excluding carboxylic acids is 1. The highest BCUT2D eigenvalue weighted by Gasteiger charge is 2.16. The van der Waals surface area contributed by atoms with E-state index >= 15 is 0 Å². The lowest BCUT2D eigenvalue weighted by Gasteiger charge is -2.30. The van der Waals surface area contributed by atoms with E-state index in [1.54, 1.807) is 0 Å². The molecule has 0 bridgehead atoms. The van der Waals surface area contributed by atoms with Gasteiger partial charge in [-0.3, -0.25) is 4.79 Å². The molecule has 5 rings (SSSR count). The largest absolute Gasteiger partial charge is 0.367 e. The number of rotatable bonds is 3. The van der Waals surface area contributed by atoms with Gasteiger partial charge in [-0.15, -0.1) is 0 Å². The van der Waals surface area contributed by atoms with E-state index in [1.807, 2.05) is 54.7 Å². The van der Waals surface area contributed by atoms with E-state index in [9.17, 15) is 4.79 Å². The predicted molar refractivity (Wildman–Crippen MR) is 114 cm³/mol. The number of hydrogen-bond donors (Lipinski definition) is 2. The minimum absolute atomic E-state index is 0.0933. The third kappa shape index (κ3) is 3.03. The van der Waals surface area contributed by atoms with Gasteiger partial charge in [-0.1, -0.05) is 30.3 Å². The lowest BCUT2D eigenvalue weighted by molar-refractivity contribution is 0.102. The van der Waals surface area contributed by atoms with Crippen LogP contribution in [0.2, 0.25) is 0 Å². The maximum absolute atomic E-state index is 12.7. The van der Waals surface area contributed by atoms with Crippen LogP contribution in [0.1, 0.15) is 21.5 Å². The lowest BCUT2D eigenvalue weighted by Crippen LogP contribution is -2.30. The minimum Gasteiger partial charge on any atom is -0.367 e. The van der Waals surface area contributed by atoms with Gasteiger partial charge < -0.3 is 15.2 Å². The molecular formula is C24H21N3O. The Morgan fingerprint density at radius 3 is 2.57 bits per heavy atom. The van der Waals surface area contributed by atoms with Crippen molar-refractivity contribution in [2.75, 3.05) is 16.8 Å². The zero-order valence-corrected chi connectivity index (χ0v) is 15.5. The molecular weight excluding hydrogens is 346 g/mol. The van der Waals surface area contributed by atoms with Gasteiger partial charge in [-0.05, 0) is 60.0 Å². The first-order chi connectivity index (χ1) is 13.8. The van der Waals surface area contributed by atoms with Gasteiger partial charge in [0.1, 0.15) is 0 Å². The van der Waals surface area contributed by atoms with Crippen molar-refractivity contribution in [3.63, 3.8) is 0 Å². The Hall–Kier alpha value is -3.53. The summed E-state index contributed by atoms with van der Waals surface area (Å²) in [7, 11) is 0. The first-order valence-electron chi connectivity index (χ1n) is 9.57. The van der Waals surface area contributed by atoms with E-state index in [0.717, 1.165) is 41.8 Å². The molecule has 3 aromatic carbocycles. The van der Waals surface area contributed by atoms with Crippen LogP contribution in [0.3, 0.4) is 0 Å². The number of amides is 1. The topological polar surface area (TPSA) is 48.1 Å². The fourth-order valence-electron chi connectivity index (χ4n) is 3.93. The normalized spacial score (nSPS) is 13.4. The summed E-state index contributed by atoms with van der Waals surface area (Å²) < 4.78 is 0. The Labute approximate surface area is 163 Å². The molecule has 2 N–H and O–H groups in total. The fourth-order valence-corrected chi connectivity index (χ4v) is 3.93. The maximum atomic E-state index is 12.7. The quantitative estimate of drug-likeness (QED) is 0.536. The van der Waals surface area contributed by atoms with Crippen LogP contribution in [0, 0.1) is 0 Å². The van der Waals surface area contributed by atoms with Crippen molar-refractivity contribution in [3.8, 4) is 0 Å². The smallest absolute Gasteiger partial charge is 0.255 e. The van der Waals surface area contributed by atoms with Crippen LogP contribution in [-0.2, 0) is 13.0 Å². The number of aromatic amines is 1. The van der Waals surface area contributed by atoms with Gasteiger partial charge in [0.15, 0.2) is 0 Å². The Bertz CT molecular complexity index is 1140. The second-order valence-corrected chi connectivity index (χ2v) is 7.19. The maximum Gasteiger partial charge on any atom is 0.255 e. The molecule has 4 nitrogen and oxygen atoms in total. The number of H-pyrrole nitrogens is 1. The van der Waals surface area contributed by atoms with E-state index in [0.29, 0.717) is 5.56 Å².